The number of hydrogen-bond donors (Lipinski definition) is 2. The van der Waals surface area contributed by atoms with Gasteiger partial charge in [-0.15, -0.1) is 0 Å². The molecule has 0 bridgehead atoms. The Hall–Kier alpha value is -1.49. The number of aromatic nitrogens is 1. The summed E-state index contributed by atoms with van der Waals surface area (Å²) in [6, 6.07) is 2.76. The van der Waals surface area contributed by atoms with Gasteiger partial charge in [0, 0.05) is 17.7 Å². The van der Waals surface area contributed by atoms with Crippen LogP contribution in [0.15, 0.2) is 18.3 Å². The van der Waals surface area contributed by atoms with Gasteiger partial charge in [-0.2, -0.15) is 0 Å². The monoisotopic (exact) mass is 226 g/mol. The normalized spacial score (nSPS) is 14.4. The molecule has 1 aromatic rings. The second-order valence-electron chi connectivity index (χ2n) is 3.77. The van der Waals surface area contributed by atoms with Crippen LogP contribution < -0.4 is 5.73 Å². The molecule has 1 rings (SSSR count). The third-order valence-electron chi connectivity index (χ3n) is 2.83. The van der Waals surface area contributed by atoms with Gasteiger partial charge in [-0.1, -0.05) is 6.92 Å². The lowest BCUT2D eigenvalue weighted by atomic mass is 9.78. The molecule has 5 heteroatoms. The molecule has 16 heavy (non-hydrogen) atoms. The smallest absolute Gasteiger partial charge is 0.304 e. The summed E-state index contributed by atoms with van der Waals surface area (Å²) in [6.45, 7) is 2.02. The molecular weight excluding hydrogens is 211 g/mol. The minimum Gasteiger partial charge on any atom is -0.481 e. The molecule has 0 aromatic carbocycles. The number of rotatable bonds is 5. The van der Waals surface area contributed by atoms with Crippen molar-refractivity contribution in [2.45, 2.75) is 25.2 Å². The summed E-state index contributed by atoms with van der Waals surface area (Å²) in [6.07, 6.45) is 1.53. The number of nitrogens with zero attached hydrogens (tertiary/aromatic N) is 1. The Bertz CT molecular complexity index is 361. The molecule has 1 atom stereocenters. The summed E-state index contributed by atoms with van der Waals surface area (Å²) in [5.41, 5.74) is 5.46. The van der Waals surface area contributed by atoms with Crippen LogP contribution in [0, 0.1) is 5.82 Å². The van der Waals surface area contributed by atoms with Crippen molar-refractivity contribution in [3.8, 4) is 0 Å². The van der Waals surface area contributed by atoms with Gasteiger partial charge in [0.25, 0.3) is 0 Å². The number of halogens is 1. The van der Waals surface area contributed by atoms with E-state index in [0.29, 0.717) is 12.1 Å². The largest absolute Gasteiger partial charge is 0.481 e. The molecule has 1 heterocycles. The second kappa shape index (κ2) is 5.03. The number of carboxylic acids is 1. The van der Waals surface area contributed by atoms with Crippen molar-refractivity contribution in [1.82, 2.24) is 4.98 Å². The van der Waals surface area contributed by atoms with E-state index in [4.69, 9.17) is 10.8 Å². The highest BCUT2D eigenvalue weighted by Crippen LogP contribution is 2.29. The number of hydrogen-bond acceptors (Lipinski definition) is 3. The SMILES string of the molecule is CCC(CN)(CC(=O)O)c1ccc(F)cn1. The highest BCUT2D eigenvalue weighted by atomic mass is 19.1. The molecule has 1 aromatic heterocycles. The van der Waals surface area contributed by atoms with Gasteiger partial charge in [0.05, 0.1) is 12.6 Å². The first-order chi connectivity index (χ1) is 7.54. The van der Waals surface area contributed by atoms with Gasteiger partial charge in [0.1, 0.15) is 5.82 Å². The molecule has 0 radical (unpaired) electrons. The zero-order chi connectivity index (χ0) is 12.2. The van der Waals surface area contributed by atoms with Crippen LogP contribution in [-0.4, -0.2) is 22.6 Å². The average molecular weight is 226 g/mol. The van der Waals surface area contributed by atoms with Crippen molar-refractivity contribution >= 4 is 5.97 Å². The van der Waals surface area contributed by atoms with Gasteiger partial charge >= 0.3 is 5.97 Å². The predicted octanol–water partition coefficient (Wildman–Crippen LogP) is 1.30. The minimum absolute atomic E-state index is 0.0986. The van der Waals surface area contributed by atoms with E-state index in [-0.39, 0.29) is 13.0 Å². The van der Waals surface area contributed by atoms with E-state index in [9.17, 15) is 9.18 Å². The van der Waals surface area contributed by atoms with Gasteiger partial charge in [-0.25, -0.2) is 4.39 Å². The third-order valence-corrected chi connectivity index (χ3v) is 2.83. The van der Waals surface area contributed by atoms with Gasteiger partial charge in [0.2, 0.25) is 0 Å². The maximum atomic E-state index is 12.7. The van der Waals surface area contributed by atoms with Gasteiger partial charge in [-0.3, -0.25) is 9.78 Å². The zero-order valence-electron chi connectivity index (χ0n) is 9.11. The number of carbonyl (C=O) groups is 1. The Morgan fingerprint density at radius 3 is 2.69 bits per heavy atom. The van der Waals surface area contributed by atoms with Crippen molar-refractivity contribution in [2.24, 2.45) is 5.73 Å². The predicted molar refractivity (Wildman–Crippen MR) is 57.5 cm³/mol. The first-order valence-electron chi connectivity index (χ1n) is 5.08. The molecule has 88 valence electrons. The van der Waals surface area contributed by atoms with Crippen LogP contribution in [-0.2, 0) is 10.2 Å². The Kier molecular flexibility index (Phi) is 3.95. The second-order valence-corrected chi connectivity index (χ2v) is 3.77. The van der Waals surface area contributed by atoms with E-state index < -0.39 is 17.2 Å². The quantitative estimate of drug-likeness (QED) is 0.793. The summed E-state index contributed by atoms with van der Waals surface area (Å²) in [5.74, 6) is -1.38. The molecule has 0 aliphatic heterocycles. The van der Waals surface area contributed by atoms with E-state index in [2.05, 4.69) is 4.98 Å². The molecule has 0 spiro atoms. The molecular formula is C11H15FN2O2. The molecule has 0 aliphatic carbocycles. The number of aliphatic carboxylic acids is 1. The Labute approximate surface area is 93.3 Å². The molecule has 0 aliphatic rings. The van der Waals surface area contributed by atoms with Gasteiger partial charge in [-0.05, 0) is 18.6 Å². The lowest BCUT2D eigenvalue weighted by Crippen LogP contribution is -2.37. The zero-order valence-corrected chi connectivity index (χ0v) is 9.11. The van der Waals surface area contributed by atoms with E-state index in [1.807, 2.05) is 6.92 Å². The Balaban J connectivity index is 3.09. The van der Waals surface area contributed by atoms with E-state index in [1.54, 1.807) is 0 Å². The Morgan fingerprint density at radius 1 is 1.62 bits per heavy atom. The summed E-state index contributed by atoms with van der Waals surface area (Å²) >= 11 is 0. The maximum absolute atomic E-state index is 12.7. The van der Waals surface area contributed by atoms with Crippen LogP contribution >= 0.6 is 0 Å². The summed E-state index contributed by atoms with van der Waals surface area (Å²) < 4.78 is 12.7. The molecule has 0 amide bonds. The fraction of sp³-hybridized carbons (Fsp3) is 0.455. The standard InChI is InChI=1S/C11H15FN2O2/c1-2-11(7-13,5-10(15)16)9-4-3-8(12)6-14-9/h3-4,6H,2,5,7,13H2,1H3,(H,15,16). The maximum Gasteiger partial charge on any atom is 0.304 e. The van der Waals surface area contributed by atoms with Gasteiger partial charge < -0.3 is 10.8 Å². The highest BCUT2D eigenvalue weighted by molar-refractivity contribution is 5.69. The van der Waals surface area contributed by atoms with Crippen molar-refractivity contribution in [3.63, 3.8) is 0 Å². The number of carboxylic acid groups (broad SMARTS) is 1. The van der Waals surface area contributed by atoms with Crippen molar-refractivity contribution in [1.29, 1.82) is 0 Å². The van der Waals surface area contributed by atoms with Crippen LogP contribution in [0.5, 0.6) is 0 Å². The van der Waals surface area contributed by atoms with Crippen LogP contribution in [0.1, 0.15) is 25.5 Å². The number of nitrogens with two attached hydrogens (primary N) is 1. The minimum atomic E-state index is -0.932. The first-order valence-corrected chi connectivity index (χ1v) is 5.08. The van der Waals surface area contributed by atoms with Crippen molar-refractivity contribution in [2.75, 3.05) is 6.54 Å². The van der Waals surface area contributed by atoms with E-state index in [0.717, 1.165) is 6.20 Å². The summed E-state index contributed by atoms with van der Waals surface area (Å²) in [7, 11) is 0. The fourth-order valence-corrected chi connectivity index (χ4v) is 1.70. The van der Waals surface area contributed by atoms with Crippen molar-refractivity contribution < 1.29 is 14.3 Å². The molecule has 0 saturated heterocycles. The lowest BCUT2D eigenvalue weighted by molar-refractivity contribution is -0.138. The van der Waals surface area contributed by atoms with Crippen LogP contribution in [0.25, 0.3) is 0 Å². The molecule has 4 nitrogen and oxygen atoms in total. The Morgan fingerprint density at radius 2 is 2.31 bits per heavy atom. The van der Waals surface area contributed by atoms with E-state index in [1.165, 1.54) is 12.1 Å². The molecule has 1 unspecified atom stereocenters. The van der Waals surface area contributed by atoms with Crippen LogP contribution in [0.4, 0.5) is 4.39 Å². The van der Waals surface area contributed by atoms with Gasteiger partial charge in [0.15, 0.2) is 0 Å². The third kappa shape index (κ3) is 2.55. The summed E-state index contributed by atoms with van der Waals surface area (Å²) in [5, 5.41) is 8.87. The average Bonchev–Trinajstić information content (AvgIpc) is 2.27. The van der Waals surface area contributed by atoms with Crippen molar-refractivity contribution in [3.05, 3.63) is 29.8 Å². The molecule has 3 N–H and O–H groups in total. The summed E-state index contributed by atoms with van der Waals surface area (Å²) in [4.78, 5) is 14.7. The van der Waals surface area contributed by atoms with E-state index >= 15 is 0 Å². The highest BCUT2D eigenvalue weighted by Gasteiger charge is 2.33. The number of pyridine rings is 1. The fourth-order valence-electron chi connectivity index (χ4n) is 1.70. The lowest BCUT2D eigenvalue weighted by Gasteiger charge is -2.28. The molecule has 0 fully saturated rings. The molecule has 0 saturated carbocycles. The topological polar surface area (TPSA) is 76.2 Å². The van der Waals surface area contributed by atoms with Crippen LogP contribution in [0.3, 0.4) is 0 Å². The van der Waals surface area contributed by atoms with Crippen LogP contribution in [0.2, 0.25) is 0 Å². The first kappa shape index (κ1) is 12.6.